The molecule has 0 N–H and O–H groups in total. The Bertz CT molecular complexity index is 999. The highest BCUT2D eigenvalue weighted by Crippen LogP contribution is 2.36. The van der Waals surface area contributed by atoms with E-state index in [1.165, 1.54) is 19.2 Å². The SMILES string of the molecule is COc1cc(F)ccc1-c1cnc2c(c1)N(Cc1cc(C)on1)C(=O)C2. The highest BCUT2D eigenvalue weighted by atomic mass is 19.1. The fraction of sp³-hybridized carbons (Fsp3) is 0.211. The Morgan fingerprint density at radius 2 is 2.15 bits per heavy atom. The molecular weight excluding hydrogens is 337 g/mol. The van der Waals surface area contributed by atoms with Crippen molar-refractivity contribution in [1.82, 2.24) is 10.1 Å². The van der Waals surface area contributed by atoms with E-state index in [4.69, 9.17) is 9.26 Å². The molecule has 1 amide bonds. The topological polar surface area (TPSA) is 68.5 Å². The second-order valence-corrected chi connectivity index (χ2v) is 6.12. The first kappa shape index (κ1) is 16.3. The molecule has 1 aromatic carbocycles. The molecule has 1 aliphatic rings. The number of hydrogen-bond donors (Lipinski definition) is 0. The summed E-state index contributed by atoms with van der Waals surface area (Å²) in [5, 5.41) is 3.95. The van der Waals surface area contributed by atoms with E-state index in [0.717, 1.165) is 11.3 Å². The van der Waals surface area contributed by atoms with Gasteiger partial charge in [-0.1, -0.05) is 5.16 Å². The second-order valence-electron chi connectivity index (χ2n) is 6.12. The number of carbonyl (C=O) groups excluding carboxylic acids is 1. The van der Waals surface area contributed by atoms with Gasteiger partial charge in [-0.3, -0.25) is 9.78 Å². The third-order valence-electron chi connectivity index (χ3n) is 4.33. The quantitative estimate of drug-likeness (QED) is 0.720. The van der Waals surface area contributed by atoms with E-state index in [9.17, 15) is 9.18 Å². The van der Waals surface area contributed by atoms with Crippen LogP contribution in [0.5, 0.6) is 5.75 Å². The van der Waals surface area contributed by atoms with Crippen molar-refractivity contribution in [3.8, 4) is 16.9 Å². The molecule has 3 heterocycles. The van der Waals surface area contributed by atoms with Gasteiger partial charge >= 0.3 is 0 Å². The van der Waals surface area contributed by atoms with Crippen LogP contribution in [-0.2, 0) is 17.8 Å². The van der Waals surface area contributed by atoms with E-state index in [1.54, 1.807) is 30.2 Å². The van der Waals surface area contributed by atoms with Crippen LogP contribution in [0.4, 0.5) is 10.1 Å². The molecule has 0 fully saturated rings. The number of halogens is 1. The summed E-state index contributed by atoms with van der Waals surface area (Å²) in [5.41, 5.74) is 3.56. The van der Waals surface area contributed by atoms with Crippen LogP contribution in [-0.4, -0.2) is 23.2 Å². The van der Waals surface area contributed by atoms with Gasteiger partial charge in [0.2, 0.25) is 5.91 Å². The summed E-state index contributed by atoms with van der Waals surface area (Å²) >= 11 is 0. The Labute approximate surface area is 149 Å². The average molecular weight is 353 g/mol. The first-order valence-electron chi connectivity index (χ1n) is 8.10. The molecule has 0 radical (unpaired) electrons. The number of rotatable bonds is 4. The number of aromatic nitrogens is 2. The van der Waals surface area contributed by atoms with E-state index in [2.05, 4.69) is 10.1 Å². The smallest absolute Gasteiger partial charge is 0.233 e. The van der Waals surface area contributed by atoms with Gasteiger partial charge in [-0.25, -0.2) is 4.39 Å². The molecule has 0 spiro atoms. The van der Waals surface area contributed by atoms with E-state index in [-0.39, 0.29) is 18.1 Å². The Kier molecular flexibility index (Phi) is 3.91. The first-order valence-corrected chi connectivity index (χ1v) is 8.10. The lowest BCUT2D eigenvalue weighted by molar-refractivity contribution is -0.117. The lowest BCUT2D eigenvalue weighted by atomic mass is 10.1. The minimum atomic E-state index is -0.377. The van der Waals surface area contributed by atoms with Crippen molar-refractivity contribution in [2.75, 3.05) is 12.0 Å². The van der Waals surface area contributed by atoms with Crippen molar-refractivity contribution in [2.24, 2.45) is 0 Å². The van der Waals surface area contributed by atoms with E-state index >= 15 is 0 Å². The monoisotopic (exact) mass is 353 g/mol. The zero-order chi connectivity index (χ0) is 18.3. The van der Waals surface area contributed by atoms with Gasteiger partial charge in [-0.2, -0.15) is 0 Å². The third-order valence-corrected chi connectivity index (χ3v) is 4.33. The Balaban J connectivity index is 1.73. The number of ether oxygens (including phenoxy) is 1. The molecule has 0 saturated carbocycles. The summed E-state index contributed by atoms with van der Waals surface area (Å²) in [5.74, 6) is 0.679. The number of hydrogen-bond acceptors (Lipinski definition) is 5. The molecule has 0 aliphatic carbocycles. The zero-order valence-electron chi connectivity index (χ0n) is 14.3. The van der Waals surface area contributed by atoms with Gasteiger partial charge in [-0.15, -0.1) is 0 Å². The van der Waals surface area contributed by atoms with Crippen molar-refractivity contribution < 1.29 is 18.4 Å². The van der Waals surface area contributed by atoms with Crippen LogP contribution in [0, 0.1) is 12.7 Å². The van der Waals surface area contributed by atoms with Gasteiger partial charge in [0, 0.05) is 29.5 Å². The van der Waals surface area contributed by atoms with Gasteiger partial charge in [0.1, 0.15) is 23.0 Å². The van der Waals surface area contributed by atoms with E-state index in [0.29, 0.717) is 35.0 Å². The van der Waals surface area contributed by atoms with Crippen molar-refractivity contribution in [1.29, 1.82) is 0 Å². The summed E-state index contributed by atoms with van der Waals surface area (Å²) in [7, 11) is 1.49. The largest absolute Gasteiger partial charge is 0.496 e. The molecule has 0 saturated heterocycles. The maximum Gasteiger partial charge on any atom is 0.233 e. The summed E-state index contributed by atoms with van der Waals surface area (Å²) < 4.78 is 23.8. The Morgan fingerprint density at radius 1 is 1.31 bits per heavy atom. The summed E-state index contributed by atoms with van der Waals surface area (Å²) in [6.45, 7) is 2.12. The van der Waals surface area contributed by atoms with Gasteiger partial charge in [0.15, 0.2) is 0 Å². The predicted octanol–water partition coefficient (Wildman–Crippen LogP) is 3.28. The molecule has 4 rings (SSSR count). The fourth-order valence-corrected chi connectivity index (χ4v) is 3.10. The van der Waals surface area contributed by atoms with Crippen molar-refractivity contribution in [2.45, 2.75) is 19.9 Å². The van der Waals surface area contributed by atoms with E-state index in [1.807, 2.05) is 6.07 Å². The predicted molar refractivity (Wildman–Crippen MR) is 92.3 cm³/mol. The molecule has 6 nitrogen and oxygen atoms in total. The minimum Gasteiger partial charge on any atom is -0.496 e. The highest BCUT2D eigenvalue weighted by molar-refractivity contribution is 6.01. The van der Waals surface area contributed by atoms with Gasteiger partial charge in [0.05, 0.1) is 31.5 Å². The number of fused-ring (bicyclic) bond motifs is 1. The van der Waals surface area contributed by atoms with Gasteiger partial charge < -0.3 is 14.2 Å². The number of pyridine rings is 1. The number of nitrogens with zero attached hydrogens (tertiary/aromatic N) is 3. The molecule has 0 atom stereocenters. The van der Waals surface area contributed by atoms with Crippen molar-refractivity contribution >= 4 is 11.6 Å². The van der Waals surface area contributed by atoms with Gasteiger partial charge in [-0.05, 0) is 25.1 Å². The second kappa shape index (κ2) is 6.25. The summed E-state index contributed by atoms with van der Waals surface area (Å²) in [4.78, 5) is 18.5. The molecule has 1 aliphatic heterocycles. The van der Waals surface area contributed by atoms with Crippen LogP contribution in [0.15, 0.2) is 41.1 Å². The zero-order valence-corrected chi connectivity index (χ0v) is 14.3. The van der Waals surface area contributed by atoms with Crippen molar-refractivity contribution in [3.63, 3.8) is 0 Å². The first-order chi connectivity index (χ1) is 12.5. The van der Waals surface area contributed by atoms with Crippen LogP contribution in [0.2, 0.25) is 0 Å². The van der Waals surface area contributed by atoms with Crippen LogP contribution >= 0.6 is 0 Å². The number of aryl methyl sites for hydroxylation is 1. The number of amides is 1. The van der Waals surface area contributed by atoms with Crippen LogP contribution in [0.1, 0.15) is 17.1 Å². The number of anilines is 1. The molecule has 26 heavy (non-hydrogen) atoms. The molecule has 7 heteroatoms. The van der Waals surface area contributed by atoms with Crippen LogP contribution in [0.3, 0.4) is 0 Å². The summed E-state index contributed by atoms with van der Waals surface area (Å²) in [6, 6.07) is 8.00. The standard InChI is InChI=1S/C19H16FN3O3/c1-11-5-14(22-26-11)10-23-17-6-12(9-21-16(17)8-19(23)24)15-4-3-13(20)7-18(15)25-2/h3-7,9H,8,10H2,1-2H3. The Morgan fingerprint density at radius 3 is 2.88 bits per heavy atom. The fourth-order valence-electron chi connectivity index (χ4n) is 3.10. The normalized spacial score (nSPS) is 13.2. The lowest BCUT2D eigenvalue weighted by Gasteiger charge is -2.16. The number of methoxy groups -OCH3 is 1. The van der Waals surface area contributed by atoms with Crippen LogP contribution < -0.4 is 9.64 Å². The van der Waals surface area contributed by atoms with E-state index < -0.39 is 0 Å². The number of benzene rings is 1. The third kappa shape index (κ3) is 2.81. The lowest BCUT2D eigenvalue weighted by Crippen LogP contribution is -2.26. The molecule has 2 aromatic heterocycles. The molecular formula is C19H16FN3O3. The maximum absolute atomic E-state index is 13.5. The molecule has 3 aromatic rings. The maximum atomic E-state index is 13.5. The molecule has 132 valence electrons. The van der Waals surface area contributed by atoms with Gasteiger partial charge in [0.25, 0.3) is 0 Å². The number of carbonyl (C=O) groups is 1. The molecule has 0 bridgehead atoms. The minimum absolute atomic E-state index is 0.0450. The van der Waals surface area contributed by atoms with Crippen LogP contribution in [0.25, 0.3) is 11.1 Å². The average Bonchev–Trinajstić information content (AvgIpc) is 3.18. The summed E-state index contributed by atoms with van der Waals surface area (Å²) in [6.07, 6.45) is 1.92. The molecule has 0 unspecified atom stereocenters. The Hall–Kier alpha value is -3.22. The van der Waals surface area contributed by atoms with Crippen molar-refractivity contribution in [3.05, 3.63) is 59.5 Å². The highest BCUT2D eigenvalue weighted by Gasteiger charge is 2.30.